The zero-order valence-electron chi connectivity index (χ0n) is 19.3. The average molecular weight is 442 g/mol. The Morgan fingerprint density at radius 1 is 1.03 bits per heavy atom. The number of piperazine rings is 1. The molecule has 1 saturated heterocycles. The second kappa shape index (κ2) is 9.68. The van der Waals surface area contributed by atoms with Crippen molar-refractivity contribution in [2.24, 2.45) is 5.92 Å². The Morgan fingerprint density at radius 2 is 1.71 bits per heavy atom. The molecule has 1 aromatic rings. The summed E-state index contributed by atoms with van der Waals surface area (Å²) in [6.07, 6.45) is 8.82. The van der Waals surface area contributed by atoms with Crippen molar-refractivity contribution in [3.8, 4) is 0 Å². The van der Waals surface area contributed by atoms with Gasteiger partial charge in [-0.15, -0.1) is 0 Å². The molecule has 4 rings (SSSR count). The van der Waals surface area contributed by atoms with Crippen LogP contribution in [0.4, 0.5) is 11.4 Å². The van der Waals surface area contributed by atoms with Crippen LogP contribution in [0.25, 0.3) is 0 Å². The van der Waals surface area contributed by atoms with E-state index >= 15 is 0 Å². The number of hydrogen-bond acceptors (Lipinski definition) is 5. The zero-order chi connectivity index (χ0) is 22.0. The van der Waals surface area contributed by atoms with Gasteiger partial charge in [0.25, 0.3) is 0 Å². The van der Waals surface area contributed by atoms with E-state index in [9.17, 15) is 0 Å². The molecule has 1 aromatic carbocycles. The summed E-state index contributed by atoms with van der Waals surface area (Å²) in [5, 5.41) is 8.59. The van der Waals surface area contributed by atoms with Gasteiger partial charge >= 0.3 is 0 Å². The Labute approximate surface area is 192 Å². The highest BCUT2D eigenvalue weighted by molar-refractivity contribution is 6.29. The molecule has 31 heavy (non-hydrogen) atoms. The first-order chi connectivity index (χ1) is 15.0. The molecule has 5 nitrogen and oxygen atoms in total. The third kappa shape index (κ3) is 4.79. The summed E-state index contributed by atoms with van der Waals surface area (Å²) in [7, 11) is 2.08. The number of allylic oxidation sites excluding steroid dienone is 2. The summed E-state index contributed by atoms with van der Waals surface area (Å²) >= 11 is 6.48. The average Bonchev–Trinajstić information content (AvgIpc) is 2.77. The molecule has 1 fully saturated rings. The molecule has 0 radical (unpaired) electrons. The summed E-state index contributed by atoms with van der Waals surface area (Å²) in [5.41, 5.74) is 4.60. The smallest absolute Gasteiger partial charge is 0.124 e. The standard InChI is InChI=1S/C25H36ClN5/c1-5-21(6-2)29-13-15-30(16-14-29)22-9-7-20(8-10-22)27-23-11-12-25(26)31-24(23)17-19(3)18-28(31)4/h7-12,17,19,21,27H,5-6,13-16,18H2,1-4H3. The highest BCUT2D eigenvalue weighted by Gasteiger charge is 2.29. The van der Waals surface area contributed by atoms with E-state index in [0.29, 0.717) is 5.92 Å². The first-order valence-corrected chi connectivity index (χ1v) is 12.0. The van der Waals surface area contributed by atoms with E-state index in [1.165, 1.54) is 18.5 Å². The molecule has 0 spiro atoms. The summed E-state index contributed by atoms with van der Waals surface area (Å²) in [6.45, 7) is 12.3. The van der Waals surface area contributed by atoms with Crippen LogP contribution in [-0.4, -0.2) is 60.7 Å². The lowest BCUT2D eigenvalue weighted by atomic mass is 10.0. The summed E-state index contributed by atoms with van der Waals surface area (Å²) < 4.78 is 0. The molecule has 3 aliphatic heterocycles. The van der Waals surface area contributed by atoms with Crippen molar-refractivity contribution in [3.63, 3.8) is 0 Å². The lowest BCUT2D eigenvalue weighted by molar-refractivity contribution is 0.0595. The van der Waals surface area contributed by atoms with Crippen molar-refractivity contribution < 1.29 is 0 Å². The molecule has 0 aromatic heterocycles. The van der Waals surface area contributed by atoms with Crippen LogP contribution in [0.3, 0.4) is 0 Å². The Balaban J connectivity index is 1.41. The maximum absolute atomic E-state index is 6.48. The van der Waals surface area contributed by atoms with Gasteiger partial charge in [0.15, 0.2) is 0 Å². The van der Waals surface area contributed by atoms with Crippen LogP contribution < -0.4 is 10.2 Å². The minimum absolute atomic E-state index is 0.477. The minimum Gasteiger partial charge on any atom is -0.369 e. The molecular formula is C25H36ClN5. The largest absolute Gasteiger partial charge is 0.369 e. The Bertz CT molecular complexity index is 847. The monoisotopic (exact) mass is 441 g/mol. The van der Waals surface area contributed by atoms with Gasteiger partial charge in [-0.2, -0.15) is 0 Å². The topological polar surface area (TPSA) is 25.0 Å². The van der Waals surface area contributed by atoms with Crippen LogP contribution in [0.15, 0.2) is 59.0 Å². The highest BCUT2D eigenvalue weighted by Crippen LogP contribution is 2.34. The Kier molecular flexibility index (Phi) is 6.95. The quantitative estimate of drug-likeness (QED) is 0.621. The molecule has 1 atom stereocenters. The van der Waals surface area contributed by atoms with Gasteiger partial charge in [0.2, 0.25) is 0 Å². The first kappa shape index (κ1) is 22.3. The van der Waals surface area contributed by atoms with Crippen molar-refractivity contribution >= 4 is 23.0 Å². The third-order valence-electron chi connectivity index (χ3n) is 6.71. The van der Waals surface area contributed by atoms with Crippen molar-refractivity contribution in [2.75, 3.05) is 50.0 Å². The van der Waals surface area contributed by atoms with Crippen LogP contribution in [-0.2, 0) is 0 Å². The van der Waals surface area contributed by atoms with Crippen molar-refractivity contribution in [1.82, 2.24) is 14.9 Å². The maximum atomic E-state index is 6.48. The molecular weight excluding hydrogens is 406 g/mol. The van der Waals surface area contributed by atoms with Crippen LogP contribution >= 0.6 is 11.6 Å². The second-order valence-corrected chi connectivity index (χ2v) is 9.30. The van der Waals surface area contributed by atoms with Crippen LogP contribution in [0.2, 0.25) is 0 Å². The SMILES string of the molecule is CCC(CC)N1CCN(c2ccc(NC3=CC=C(Cl)N4C3=CC(C)CN4C)cc2)CC1. The lowest BCUT2D eigenvalue weighted by Gasteiger charge is -2.42. The number of rotatable bonds is 6. The van der Waals surface area contributed by atoms with Gasteiger partial charge in [0.1, 0.15) is 5.16 Å². The molecule has 0 bridgehead atoms. The van der Waals surface area contributed by atoms with Gasteiger partial charge in [-0.25, -0.2) is 5.01 Å². The molecule has 1 unspecified atom stereocenters. The summed E-state index contributed by atoms with van der Waals surface area (Å²) in [6, 6.07) is 9.58. The van der Waals surface area contributed by atoms with E-state index < -0.39 is 0 Å². The van der Waals surface area contributed by atoms with Crippen LogP contribution in [0, 0.1) is 5.92 Å². The molecule has 3 heterocycles. The Morgan fingerprint density at radius 3 is 2.35 bits per heavy atom. The van der Waals surface area contributed by atoms with E-state index in [1.54, 1.807) is 0 Å². The molecule has 1 N–H and O–H groups in total. The minimum atomic E-state index is 0.477. The number of benzene rings is 1. The predicted octanol–water partition coefficient (Wildman–Crippen LogP) is 5.07. The first-order valence-electron chi connectivity index (χ1n) is 11.7. The van der Waals surface area contributed by atoms with E-state index in [-0.39, 0.29) is 0 Å². The fourth-order valence-electron chi connectivity index (χ4n) is 5.03. The van der Waals surface area contributed by atoms with Gasteiger partial charge < -0.3 is 10.2 Å². The zero-order valence-corrected chi connectivity index (χ0v) is 20.1. The van der Waals surface area contributed by atoms with Gasteiger partial charge in [-0.1, -0.05) is 38.4 Å². The molecule has 3 aliphatic rings. The Hall–Kier alpha value is -1.95. The molecule has 168 valence electrons. The maximum Gasteiger partial charge on any atom is 0.124 e. The van der Waals surface area contributed by atoms with Crippen molar-refractivity contribution in [3.05, 3.63) is 59.0 Å². The van der Waals surface area contributed by atoms with E-state index in [2.05, 4.69) is 89.4 Å². The van der Waals surface area contributed by atoms with Crippen LogP contribution in [0.1, 0.15) is 33.6 Å². The number of hydrazine groups is 1. The number of anilines is 2. The second-order valence-electron chi connectivity index (χ2n) is 8.92. The van der Waals surface area contributed by atoms with Gasteiger partial charge in [0.05, 0.1) is 11.4 Å². The van der Waals surface area contributed by atoms with Crippen LogP contribution in [0.5, 0.6) is 0 Å². The molecule has 0 aliphatic carbocycles. The fourth-order valence-corrected chi connectivity index (χ4v) is 5.32. The third-order valence-corrected chi connectivity index (χ3v) is 7.00. The predicted molar refractivity (Wildman–Crippen MR) is 132 cm³/mol. The fraction of sp³-hybridized carbons (Fsp3) is 0.520. The van der Waals surface area contributed by atoms with E-state index in [4.69, 9.17) is 11.6 Å². The number of halogens is 1. The molecule has 6 heteroatoms. The molecule has 0 saturated carbocycles. The highest BCUT2D eigenvalue weighted by atomic mass is 35.5. The van der Waals surface area contributed by atoms with E-state index in [0.717, 1.165) is 61.0 Å². The lowest BCUT2D eigenvalue weighted by Crippen LogP contribution is -2.50. The number of nitrogens with one attached hydrogen (secondary N) is 1. The van der Waals surface area contributed by atoms with Crippen molar-refractivity contribution in [2.45, 2.75) is 39.7 Å². The molecule has 0 amide bonds. The van der Waals surface area contributed by atoms with Crippen molar-refractivity contribution in [1.29, 1.82) is 0 Å². The number of nitrogens with zero attached hydrogens (tertiary/aromatic N) is 4. The van der Waals surface area contributed by atoms with Gasteiger partial charge in [0, 0.05) is 57.2 Å². The number of fused-ring (bicyclic) bond motifs is 1. The van der Waals surface area contributed by atoms with Gasteiger partial charge in [-0.05, 0) is 55.2 Å². The summed E-state index contributed by atoms with van der Waals surface area (Å²) in [5.74, 6) is 0.477. The number of hydrogen-bond donors (Lipinski definition) is 1. The normalized spacial score (nSPS) is 22.8. The summed E-state index contributed by atoms with van der Waals surface area (Å²) in [4.78, 5) is 5.16. The van der Waals surface area contributed by atoms with E-state index in [1.807, 2.05) is 6.08 Å². The van der Waals surface area contributed by atoms with Gasteiger partial charge in [-0.3, -0.25) is 9.91 Å².